The number of nitrogens with one attached hydrogen (secondary N) is 1. The third kappa shape index (κ3) is 4.17. The maximum Gasteiger partial charge on any atom is 0.255 e. The maximum absolute atomic E-state index is 12.6. The predicted octanol–water partition coefficient (Wildman–Crippen LogP) is 2.28. The number of aromatic nitrogens is 1. The molecule has 1 aromatic rings. The van der Waals surface area contributed by atoms with Gasteiger partial charge in [0.15, 0.2) is 0 Å². The molecule has 1 aliphatic rings. The smallest absolute Gasteiger partial charge is 0.255 e. The van der Waals surface area contributed by atoms with Crippen LogP contribution in [0.1, 0.15) is 49.4 Å². The molecule has 0 radical (unpaired) electrons. The van der Waals surface area contributed by atoms with Gasteiger partial charge in [-0.3, -0.25) is 4.79 Å². The largest absolute Gasteiger partial charge is 0.396 e. The van der Waals surface area contributed by atoms with E-state index in [0.29, 0.717) is 12.0 Å². The van der Waals surface area contributed by atoms with Gasteiger partial charge in [0.25, 0.3) is 5.91 Å². The van der Waals surface area contributed by atoms with Crippen LogP contribution < -0.4 is 5.32 Å². The number of rotatable bonds is 6. The molecule has 0 bridgehead atoms. The molecule has 0 aromatic carbocycles. The van der Waals surface area contributed by atoms with Crippen LogP contribution in [0.25, 0.3) is 0 Å². The lowest BCUT2D eigenvalue weighted by Gasteiger charge is -2.35. The van der Waals surface area contributed by atoms with Crippen LogP contribution >= 0.6 is 0 Å². The fourth-order valence-corrected chi connectivity index (χ4v) is 2.76. The lowest BCUT2D eigenvalue weighted by molar-refractivity contribution is 0.0574. The highest BCUT2D eigenvalue weighted by Gasteiger charge is 2.27. The molecule has 1 aliphatic heterocycles. The molecule has 1 amide bonds. The molecule has 5 nitrogen and oxygen atoms in total. The second-order valence-electron chi connectivity index (χ2n) is 5.52. The van der Waals surface area contributed by atoms with Gasteiger partial charge in [-0.15, -0.1) is 0 Å². The van der Waals surface area contributed by atoms with Crippen LogP contribution in [0.4, 0.5) is 5.82 Å². The number of amides is 1. The van der Waals surface area contributed by atoms with E-state index < -0.39 is 0 Å². The van der Waals surface area contributed by atoms with E-state index in [-0.39, 0.29) is 18.6 Å². The highest BCUT2D eigenvalue weighted by atomic mass is 16.3. The number of hydrogen-bond donors (Lipinski definition) is 2. The van der Waals surface area contributed by atoms with Gasteiger partial charge in [-0.25, -0.2) is 4.98 Å². The number of nitrogens with zero attached hydrogens (tertiary/aromatic N) is 2. The van der Waals surface area contributed by atoms with Crippen molar-refractivity contribution in [1.29, 1.82) is 0 Å². The van der Waals surface area contributed by atoms with Gasteiger partial charge in [0.05, 0.1) is 5.56 Å². The topological polar surface area (TPSA) is 65.5 Å². The van der Waals surface area contributed by atoms with Crippen molar-refractivity contribution >= 4 is 11.7 Å². The minimum Gasteiger partial charge on any atom is -0.396 e. The van der Waals surface area contributed by atoms with Crippen LogP contribution in [0.15, 0.2) is 18.3 Å². The van der Waals surface area contributed by atoms with E-state index in [4.69, 9.17) is 5.11 Å². The summed E-state index contributed by atoms with van der Waals surface area (Å²) in [5, 5.41) is 12.3. The van der Waals surface area contributed by atoms with E-state index in [1.165, 1.54) is 0 Å². The van der Waals surface area contributed by atoms with Crippen molar-refractivity contribution in [3.05, 3.63) is 23.9 Å². The number of piperidine rings is 1. The molecule has 2 heterocycles. The minimum absolute atomic E-state index is 0.0303. The third-order valence-corrected chi connectivity index (χ3v) is 3.92. The summed E-state index contributed by atoms with van der Waals surface area (Å²) in [6, 6.07) is 3.85. The molecule has 1 saturated heterocycles. The van der Waals surface area contributed by atoms with Crippen LogP contribution in [0.2, 0.25) is 0 Å². The molecule has 2 rings (SSSR count). The molecule has 5 heteroatoms. The first-order valence-corrected chi connectivity index (χ1v) is 7.88. The summed E-state index contributed by atoms with van der Waals surface area (Å²) >= 11 is 0. The van der Waals surface area contributed by atoms with Crippen molar-refractivity contribution in [2.24, 2.45) is 0 Å². The first-order valence-electron chi connectivity index (χ1n) is 7.88. The molecule has 1 fully saturated rings. The fourth-order valence-electron chi connectivity index (χ4n) is 2.76. The van der Waals surface area contributed by atoms with Gasteiger partial charge in [-0.1, -0.05) is 6.92 Å². The van der Waals surface area contributed by atoms with Crippen LogP contribution in [0, 0.1) is 0 Å². The number of likely N-dealkylation sites (tertiary alicyclic amines) is 1. The maximum atomic E-state index is 12.6. The van der Waals surface area contributed by atoms with Gasteiger partial charge in [0.1, 0.15) is 5.82 Å². The zero-order chi connectivity index (χ0) is 15.1. The van der Waals surface area contributed by atoms with E-state index in [9.17, 15) is 4.79 Å². The van der Waals surface area contributed by atoms with E-state index >= 15 is 0 Å². The van der Waals surface area contributed by atoms with Gasteiger partial charge < -0.3 is 15.3 Å². The van der Waals surface area contributed by atoms with E-state index in [0.717, 1.165) is 44.6 Å². The second kappa shape index (κ2) is 7.98. The number of hydrogen-bond acceptors (Lipinski definition) is 4. The molecule has 0 aliphatic carbocycles. The number of aliphatic hydroxyl groups is 1. The van der Waals surface area contributed by atoms with Crippen molar-refractivity contribution in [2.45, 2.75) is 45.1 Å². The Morgan fingerprint density at radius 3 is 3.00 bits per heavy atom. The average Bonchev–Trinajstić information content (AvgIpc) is 2.53. The summed E-state index contributed by atoms with van der Waals surface area (Å²) in [5.41, 5.74) is 0.627. The Labute approximate surface area is 126 Å². The van der Waals surface area contributed by atoms with Crippen molar-refractivity contribution in [3.63, 3.8) is 0 Å². The van der Waals surface area contributed by atoms with Crippen LogP contribution in [0.3, 0.4) is 0 Å². The van der Waals surface area contributed by atoms with Gasteiger partial charge in [-0.2, -0.15) is 0 Å². The molecule has 116 valence electrons. The minimum atomic E-state index is 0.0303. The first-order chi connectivity index (χ1) is 10.3. The summed E-state index contributed by atoms with van der Waals surface area (Å²) in [6.07, 6.45) is 6.50. The van der Waals surface area contributed by atoms with Crippen LogP contribution in [-0.4, -0.2) is 46.6 Å². The van der Waals surface area contributed by atoms with Gasteiger partial charge in [0.2, 0.25) is 0 Å². The number of carbonyl (C=O) groups excluding carboxylic acids is 1. The lowest BCUT2D eigenvalue weighted by Crippen LogP contribution is -2.44. The second-order valence-corrected chi connectivity index (χ2v) is 5.52. The Morgan fingerprint density at radius 2 is 2.33 bits per heavy atom. The monoisotopic (exact) mass is 291 g/mol. The highest BCUT2D eigenvalue weighted by Crippen LogP contribution is 2.22. The molecule has 0 saturated carbocycles. The highest BCUT2D eigenvalue weighted by molar-refractivity contribution is 5.94. The molecule has 0 spiro atoms. The van der Waals surface area contributed by atoms with Crippen LogP contribution in [-0.2, 0) is 0 Å². The molecule has 21 heavy (non-hydrogen) atoms. The fraction of sp³-hybridized carbons (Fsp3) is 0.625. The Balaban J connectivity index is 2.03. The first kappa shape index (κ1) is 15.8. The number of pyridine rings is 1. The SMILES string of the molecule is CCCNc1ccc(C(=O)N2CCCCC2CCO)cn1. The quantitative estimate of drug-likeness (QED) is 0.844. The number of carbonyl (C=O) groups is 1. The predicted molar refractivity (Wildman–Crippen MR) is 83.4 cm³/mol. The molecule has 1 atom stereocenters. The van der Waals surface area contributed by atoms with Crippen molar-refractivity contribution in [1.82, 2.24) is 9.88 Å². The van der Waals surface area contributed by atoms with Crippen molar-refractivity contribution in [3.8, 4) is 0 Å². The zero-order valence-electron chi connectivity index (χ0n) is 12.7. The molecular weight excluding hydrogens is 266 g/mol. The summed E-state index contributed by atoms with van der Waals surface area (Å²) in [4.78, 5) is 18.8. The number of aliphatic hydroxyl groups excluding tert-OH is 1. The Bertz CT molecular complexity index is 445. The average molecular weight is 291 g/mol. The molecular formula is C16H25N3O2. The summed E-state index contributed by atoms with van der Waals surface area (Å²) in [5.74, 6) is 0.835. The van der Waals surface area contributed by atoms with Gasteiger partial charge in [-0.05, 0) is 44.2 Å². The van der Waals surface area contributed by atoms with E-state index in [1.807, 2.05) is 17.0 Å². The van der Waals surface area contributed by atoms with Gasteiger partial charge >= 0.3 is 0 Å². The molecule has 1 aromatic heterocycles. The molecule has 2 N–H and O–H groups in total. The van der Waals surface area contributed by atoms with E-state index in [1.54, 1.807) is 6.20 Å². The Hall–Kier alpha value is -1.62. The summed E-state index contributed by atoms with van der Waals surface area (Å²) in [7, 11) is 0. The number of anilines is 1. The van der Waals surface area contributed by atoms with Crippen molar-refractivity contribution in [2.75, 3.05) is 25.0 Å². The normalized spacial score (nSPS) is 18.6. The Kier molecular flexibility index (Phi) is 5.99. The molecule has 1 unspecified atom stereocenters. The Morgan fingerprint density at radius 1 is 1.48 bits per heavy atom. The van der Waals surface area contributed by atoms with Crippen molar-refractivity contribution < 1.29 is 9.90 Å². The standard InChI is InChI=1S/C16H25N3O2/c1-2-9-17-15-7-6-13(12-18-15)16(21)19-10-4-3-5-14(19)8-11-20/h6-7,12,14,20H,2-5,8-11H2,1H3,(H,17,18). The van der Waals surface area contributed by atoms with E-state index in [2.05, 4.69) is 17.2 Å². The third-order valence-electron chi connectivity index (χ3n) is 3.92. The van der Waals surface area contributed by atoms with Crippen LogP contribution in [0.5, 0.6) is 0 Å². The summed E-state index contributed by atoms with van der Waals surface area (Å²) < 4.78 is 0. The zero-order valence-corrected chi connectivity index (χ0v) is 12.7. The lowest BCUT2D eigenvalue weighted by atomic mass is 9.98. The van der Waals surface area contributed by atoms with Gasteiger partial charge in [0, 0.05) is 31.9 Å². The summed E-state index contributed by atoms with van der Waals surface area (Å²) in [6.45, 7) is 3.89.